The summed E-state index contributed by atoms with van der Waals surface area (Å²) in [6.07, 6.45) is 8.65. The van der Waals surface area contributed by atoms with Gasteiger partial charge >= 0.3 is 0 Å². The molecule has 0 radical (unpaired) electrons. The van der Waals surface area contributed by atoms with Gasteiger partial charge in [0, 0.05) is 111 Å². The molecule has 22 heteroatoms. The number of carbonyl (C=O) groups is 4. The van der Waals surface area contributed by atoms with Gasteiger partial charge in [-0.25, -0.2) is 19.9 Å². The predicted octanol–water partition coefficient (Wildman–Crippen LogP) is 10.8. The van der Waals surface area contributed by atoms with Crippen LogP contribution in [0.4, 0.5) is 11.9 Å². The summed E-state index contributed by atoms with van der Waals surface area (Å²) in [6.45, 7) is 6.67. The Hall–Kier alpha value is -6.47. The summed E-state index contributed by atoms with van der Waals surface area (Å²) in [7, 11) is 13.1. The standard InChI is InChI=1S/C28H30Cl2N4O4.C24H27Cl2N5O3.C3H3ClO/c1-6-19(35)11-16-10-17(27(36)34(2)3)12-21(16)33-28-31-14-18-9-15(7-8-20(18)32-28)24-25(29)22(37-4)13-23(38-5)26(24)30;1-31(2)23(32)13-8-15(27)17(9-13)30-24-28-11-14-7-12(5-6-16(14)29-24)20-21(25)18(33-3)10-19(34-4)22(20)26;1-2-3(4)5/h6-9,13-14,16-17,21H,1,10-12H2,2-5H3,(H,31,32,33);5-7,10-11,13,15,17H,8-9,27H2,1-4H3,(H,28,29,30);2H,1H2/t16?,17-,21?;13-,15?,17?;/m11./s1. The van der Waals surface area contributed by atoms with E-state index < -0.39 is 5.24 Å². The number of carbonyl (C=O) groups excluding carboxylic acids is 4. The number of nitrogens with zero attached hydrogens (tertiary/aromatic N) is 6. The molecular formula is C55H60Cl5N9O8. The first-order chi connectivity index (χ1) is 36.7. The highest BCUT2D eigenvalue weighted by atomic mass is 35.5. The Bertz CT molecular complexity index is 3140. The molecule has 4 N–H and O–H groups in total. The van der Waals surface area contributed by atoms with Crippen LogP contribution in [0, 0.1) is 17.8 Å². The lowest BCUT2D eigenvalue weighted by atomic mass is 9.96. The number of halogens is 5. The maximum Gasteiger partial charge on any atom is 0.244 e. The zero-order valence-electron chi connectivity index (χ0n) is 43.8. The van der Waals surface area contributed by atoms with Gasteiger partial charge in [-0.15, -0.1) is 0 Å². The van der Waals surface area contributed by atoms with Gasteiger partial charge in [-0.2, -0.15) is 0 Å². The first-order valence-electron chi connectivity index (χ1n) is 24.1. The first kappa shape index (κ1) is 59.8. The minimum atomic E-state index is -0.509. The number of ether oxygens (including phenoxy) is 4. The normalized spacial score (nSPS) is 18.4. The Morgan fingerprint density at radius 3 is 1.39 bits per heavy atom. The van der Waals surface area contributed by atoms with Crippen molar-refractivity contribution in [1.29, 1.82) is 0 Å². The van der Waals surface area contributed by atoms with Crippen molar-refractivity contribution in [3.05, 3.63) is 106 Å². The van der Waals surface area contributed by atoms with Gasteiger partial charge in [-0.3, -0.25) is 19.2 Å². The van der Waals surface area contributed by atoms with E-state index in [1.165, 1.54) is 34.5 Å². The average molecular weight is 1150 g/mol. The van der Waals surface area contributed by atoms with E-state index in [4.69, 9.17) is 82.7 Å². The number of benzene rings is 4. The third kappa shape index (κ3) is 14.2. The van der Waals surface area contributed by atoms with Crippen LogP contribution in [0.2, 0.25) is 20.1 Å². The number of anilines is 2. The van der Waals surface area contributed by atoms with Crippen LogP contribution in [0.5, 0.6) is 23.0 Å². The molecule has 2 heterocycles. The Kier molecular flexibility index (Phi) is 20.7. The quantitative estimate of drug-likeness (QED) is 0.0607. The summed E-state index contributed by atoms with van der Waals surface area (Å²) < 4.78 is 21.5. The van der Waals surface area contributed by atoms with Crippen LogP contribution in [0.1, 0.15) is 32.1 Å². The van der Waals surface area contributed by atoms with E-state index >= 15 is 0 Å². The number of hydrogen-bond donors (Lipinski definition) is 3. The van der Waals surface area contributed by atoms with Crippen LogP contribution in [-0.2, 0) is 19.2 Å². The van der Waals surface area contributed by atoms with Crippen LogP contribution >= 0.6 is 58.0 Å². The van der Waals surface area contributed by atoms with E-state index in [1.54, 1.807) is 62.5 Å². The van der Waals surface area contributed by atoms with E-state index in [2.05, 4.69) is 43.7 Å². The van der Waals surface area contributed by atoms with E-state index in [9.17, 15) is 19.2 Å². The Morgan fingerprint density at radius 1 is 0.623 bits per heavy atom. The molecule has 2 aromatic heterocycles. The molecule has 2 amide bonds. The lowest BCUT2D eigenvalue weighted by Gasteiger charge is -2.20. The van der Waals surface area contributed by atoms with Crippen molar-refractivity contribution < 1.29 is 38.1 Å². The number of ketones is 1. The molecule has 0 spiro atoms. The fourth-order valence-corrected chi connectivity index (χ4v) is 10.8. The zero-order chi connectivity index (χ0) is 56.4. The number of fused-ring (bicyclic) bond motifs is 2. The van der Waals surface area contributed by atoms with E-state index in [1.807, 2.05) is 36.4 Å². The molecule has 2 fully saturated rings. The fourth-order valence-electron chi connectivity index (χ4n) is 9.37. The molecule has 4 unspecified atom stereocenters. The number of rotatable bonds is 16. The molecule has 408 valence electrons. The largest absolute Gasteiger partial charge is 0.495 e. The second-order valence-electron chi connectivity index (χ2n) is 18.6. The molecule has 8 rings (SSSR count). The minimum Gasteiger partial charge on any atom is -0.495 e. The number of allylic oxidation sites excluding steroid dienone is 2. The third-order valence-corrected chi connectivity index (χ3v) is 14.9. The summed E-state index contributed by atoms with van der Waals surface area (Å²) in [4.78, 5) is 68.0. The average Bonchev–Trinajstić information content (AvgIpc) is 4.00. The van der Waals surface area contributed by atoms with Gasteiger partial charge in [0.15, 0.2) is 5.78 Å². The first-order valence-corrected chi connectivity index (χ1v) is 26.0. The SMILES string of the molecule is C=CC(=O)CC1C[C@@H](C(=O)N(C)C)CC1Nc1ncc2cc(-c3c(Cl)c(OC)cc(OC)c3Cl)ccc2n1.C=CC(=O)Cl.COc1cc(OC)c(Cl)c(-c2ccc3nc(NC4C[C@H](C(=O)N(C)C)CC4N)ncc3c2)c1Cl. The maximum absolute atomic E-state index is 12.6. The van der Waals surface area contributed by atoms with Crippen molar-refractivity contribution >= 4 is 115 Å². The van der Waals surface area contributed by atoms with Crippen molar-refractivity contribution in [3.63, 3.8) is 0 Å². The molecule has 2 aliphatic carbocycles. The summed E-state index contributed by atoms with van der Waals surface area (Å²) in [5.74, 6) is 2.56. The third-order valence-electron chi connectivity index (χ3n) is 13.3. The molecule has 2 aliphatic rings. The van der Waals surface area contributed by atoms with Crippen molar-refractivity contribution in [1.82, 2.24) is 29.7 Å². The molecule has 17 nitrogen and oxygen atoms in total. The lowest BCUT2D eigenvalue weighted by molar-refractivity contribution is -0.133. The zero-order valence-corrected chi connectivity index (χ0v) is 47.5. The molecule has 0 aliphatic heterocycles. The second kappa shape index (κ2) is 26.7. The van der Waals surface area contributed by atoms with Gasteiger partial charge in [0.1, 0.15) is 23.0 Å². The molecule has 0 bridgehead atoms. The fraction of sp³-hybridized carbons (Fsp3) is 0.345. The van der Waals surface area contributed by atoms with Gasteiger partial charge in [0.2, 0.25) is 29.0 Å². The van der Waals surface area contributed by atoms with Gasteiger partial charge in [0.05, 0.1) is 59.6 Å². The van der Waals surface area contributed by atoms with Crippen molar-refractivity contribution in [2.75, 3.05) is 67.3 Å². The number of amides is 2. The smallest absolute Gasteiger partial charge is 0.244 e. The topological polar surface area (TPSA) is 213 Å². The van der Waals surface area contributed by atoms with Gasteiger partial charge < -0.3 is 45.1 Å². The number of hydrogen-bond acceptors (Lipinski definition) is 15. The highest BCUT2D eigenvalue weighted by Crippen LogP contribution is 2.48. The minimum absolute atomic E-state index is 0.0246. The Labute approximate surface area is 472 Å². The van der Waals surface area contributed by atoms with Gasteiger partial charge in [-0.05, 0) is 90.7 Å². The number of aromatic nitrogens is 4. The van der Waals surface area contributed by atoms with Gasteiger partial charge in [-0.1, -0.05) is 71.7 Å². The molecule has 2 saturated carbocycles. The second-order valence-corrected chi connectivity index (χ2v) is 20.5. The van der Waals surface area contributed by atoms with Crippen LogP contribution in [-0.4, -0.2) is 127 Å². The highest BCUT2D eigenvalue weighted by Gasteiger charge is 2.40. The Morgan fingerprint density at radius 2 is 1.01 bits per heavy atom. The molecular weight excluding hydrogens is 1090 g/mol. The highest BCUT2D eigenvalue weighted by molar-refractivity contribution is 6.66. The maximum atomic E-state index is 12.6. The molecule has 4 aromatic carbocycles. The van der Waals surface area contributed by atoms with E-state index in [0.717, 1.165) is 33.5 Å². The molecule has 0 saturated heterocycles. The summed E-state index contributed by atoms with van der Waals surface area (Å²) >= 11 is 31.0. The molecule has 6 atom stereocenters. The molecule has 77 heavy (non-hydrogen) atoms. The van der Waals surface area contributed by atoms with Crippen molar-refractivity contribution in [2.24, 2.45) is 23.5 Å². The number of nitrogens with two attached hydrogens (primary N) is 1. The van der Waals surface area contributed by atoms with Crippen molar-refractivity contribution in [3.8, 4) is 45.3 Å². The summed E-state index contributed by atoms with van der Waals surface area (Å²) in [5.41, 5.74) is 10.5. The predicted molar refractivity (Wildman–Crippen MR) is 306 cm³/mol. The monoisotopic (exact) mass is 1150 g/mol. The summed E-state index contributed by atoms with van der Waals surface area (Å²) in [5, 5.41) is 9.31. The van der Waals surface area contributed by atoms with E-state index in [-0.39, 0.29) is 53.5 Å². The van der Waals surface area contributed by atoms with Crippen LogP contribution in [0.25, 0.3) is 44.1 Å². The van der Waals surface area contributed by atoms with Crippen LogP contribution in [0.3, 0.4) is 0 Å². The van der Waals surface area contributed by atoms with Crippen LogP contribution in [0.15, 0.2) is 86.2 Å². The lowest BCUT2D eigenvalue weighted by Crippen LogP contribution is -2.35. The van der Waals surface area contributed by atoms with Gasteiger partial charge in [0.25, 0.3) is 0 Å². The van der Waals surface area contributed by atoms with Crippen LogP contribution < -0.4 is 35.3 Å². The number of nitrogens with one attached hydrogen (secondary N) is 2. The molecule has 6 aromatic rings. The van der Waals surface area contributed by atoms with E-state index in [0.29, 0.717) is 104 Å². The Balaban J connectivity index is 0.000000230. The summed E-state index contributed by atoms with van der Waals surface area (Å²) in [6, 6.07) is 14.3. The van der Waals surface area contributed by atoms with Crippen molar-refractivity contribution in [2.45, 2.75) is 50.2 Å². The number of methoxy groups -OCH3 is 4.